The number of terminal acetylenes is 1. The van der Waals surface area contributed by atoms with Gasteiger partial charge in [0.15, 0.2) is 0 Å². The van der Waals surface area contributed by atoms with Gasteiger partial charge in [-0.05, 0) is 36.6 Å². The topological polar surface area (TPSA) is 55.4 Å². The summed E-state index contributed by atoms with van der Waals surface area (Å²) in [7, 11) is 1.31. The molecule has 20 heavy (non-hydrogen) atoms. The quantitative estimate of drug-likeness (QED) is 0.659. The Kier molecular flexibility index (Phi) is 5.79. The first-order chi connectivity index (χ1) is 9.47. The highest BCUT2D eigenvalue weighted by Crippen LogP contribution is 2.09. The minimum atomic E-state index is -0.639. The van der Waals surface area contributed by atoms with Crippen LogP contribution in [0.3, 0.4) is 0 Å². The van der Waals surface area contributed by atoms with E-state index in [1.807, 2.05) is 13.8 Å². The molecule has 4 nitrogen and oxygen atoms in total. The van der Waals surface area contributed by atoms with Crippen LogP contribution in [0.2, 0.25) is 0 Å². The van der Waals surface area contributed by atoms with Gasteiger partial charge >= 0.3 is 5.97 Å². The van der Waals surface area contributed by atoms with Crippen LogP contribution in [-0.4, -0.2) is 25.0 Å². The molecule has 1 aromatic carbocycles. The summed E-state index contributed by atoms with van der Waals surface area (Å²) < 4.78 is 4.71. The zero-order valence-corrected chi connectivity index (χ0v) is 12.0. The number of carbonyl (C=O) groups is 2. The summed E-state index contributed by atoms with van der Waals surface area (Å²) in [5.41, 5.74) is 1.16. The van der Waals surface area contributed by atoms with E-state index in [0.717, 1.165) is 0 Å². The Morgan fingerprint density at radius 2 is 1.90 bits per heavy atom. The number of methoxy groups -OCH3 is 1. The SMILES string of the molecule is C#Cc1ccc(C(=O)NC(CC(C)C)C(=O)OC)cc1. The van der Waals surface area contributed by atoms with Crippen LogP contribution in [0.4, 0.5) is 0 Å². The lowest BCUT2D eigenvalue weighted by Crippen LogP contribution is -2.42. The first-order valence-electron chi connectivity index (χ1n) is 6.43. The molecule has 4 heteroatoms. The van der Waals surface area contributed by atoms with E-state index in [4.69, 9.17) is 11.2 Å². The van der Waals surface area contributed by atoms with Crippen LogP contribution >= 0.6 is 0 Å². The fourth-order valence-electron chi connectivity index (χ4n) is 1.79. The number of ether oxygens (including phenoxy) is 1. The Labute approximate surface area is 119 Å². The number of esters is 1. The number of hydrogen-bond acceptors (Lipinski definition) is 3. The maximum atomic E-state index is 12.1. The Balaban J connectivity index is 2.79. The Morgan fingerprint density at radius 3 is 2.35 bits per heavy atom. The molecule has 106 valence electrons. The van der Waals surface area contributed by atoms with E-state index in [-0.39, 0.29) is 11.8 Å². The smallest absolute Gasteiger partial charge is 0.328 e. The van der Waals surface area contributed by atoms with Gasteiger partial charge < -0.3 is 10.1 Å². The second kappa shape index (κ2) is 7.34. The van der Waals surface area contributed by atoms with Crippen LogP contribution in [0.1, 0.15) is 36.2 Å². The van der Waals surface area contributed by atoms with Crippen LogP contribution < -0.4 is 5.32 Å². The molecular weight excluding hydrogens is 254 g/mol. The van der Waals surface area contributed by atoms with Crippen molar-refractivity contribution in [2.75, 3.05) is 7.11 Å². The Hall–Kier alpha value is -2.28. The molecule has 0 aliphatic carbocycles. The fourth-order valence-corrected chi connectivity index (χ4v) is 1.79. The highest BCUT2D eigenvalue weighted by Gasteiger charge is 2.22. The third kappa shape index (κ3) is 4.43. The molecule has 0 radical (unpaired) electrons. The van der Waals surface area contributed by atoms with Crippen LogP contribution in [0.15, 0.2) is 24.3 Å². The van der Waals surface area contributed by atoms with Gasteiger partial charge in [-0.2, -0.15) is 0 Å². The molecule has 1 amide bonds. The van der Waals surface area contributed by atoms with E-state index in [0.29, 0.717) is 17.5 Å². The maximum Gasteiger partial charge on any atom is 0.328 e. The molecule has 0 saturated heterocycles. The lowest BCUT2D eigenvalue weighted by atomic mass is 10.0. The largest absolute Gasteiger partial charge is 0.467 e. The second-order valence-corrected chi connectivity index (χ2v) is 4.90. The molecular formula is C16H19NO3. The normalized spacial score (nSPS) is 11.6. The summed E-state index contributed by atoms with van der Waals surface area (Å²) in [5, 5.41) is 2.69. The van der Waals surface area contributed by atoms with Gasteiger partial charge in [0.05, 0.1) is 7.11 Å². The molecule has 1 N–H and O–H groups in total. The standard InChI is InChI=1S/C16H19NO3/c1-5-12-6-8-13(9-7-12)15(18)17-14(10-11(2)3)16(19)20-4/h1,6-9,11,14H,10H2,2-4H3,(H,17,18). The van der Waals surface area contributed by atoms with E-state index in [1.165, 1.54) is 7.11 Å². The Morgan fingerprint density at radius 1 is 1.30 bits per heavy atom. The summed E-state index contributed by atoms with van der Waals surface area (Å²) in [5.74, 6) is 2.00. The van der Waals surface area contributed by atoms with Crippen LogP contribution in [0.25, 0.3) is 0 Å². The summed E-state index contributed by atoms with van der Waals surface area (Å²) >= 11 is 0. The number of amides is 1. The van der Waals surface area contributed by atoms with Gasteiger partial charge in [0, 0.05) is 11.1 Å². The molecule has 0 aliphatic heterocycles. The highest BCUT2D eigenvalue weighted by molar-refractivity contribution is 5.96. The van der Waals surface area contributed by atoms with Gasteiger partial charge in [-0.3, -0.25) is 4.79 Å². The number of benzene rings is 1. The van der Waals surface area contributed by atoms with Crippen molar-refractivity contribution >= 4 is 11.9 Å². The van der Waals surface area contributed by atoms with Crippen molar-refractivity contribution < 1.29 is 14.3 Å². The molecule has 1 rings (SSSR count). The van der Waals surface area contributed by atoms with E-state index in [9.17, 15) is 9.59 Å². The van der Waals surface area contributed by atoms with Crippen LogP contribution in [0, 0.1) is 18.3 Å². The van der Waals surface area contributed by atoms with E-state index in [1.54, 1.807) is 24.3 Å². The molecule has 0 aliphatic rings. The average Bonchev–Trinajstić information content (AvgIpc) is 2.45. The lowest BCUT2D eigenvalue weighted by molar-refractivity contribution is -0.143. The third-order valence-corrected chi connectivity index (χ3v) is 2.81. The molecule has 1 aromatic rings. The number of carbonyl (C=O) groups excluding carboxylic acids is 2. The molecule has 0 bridgehead atoms. The van der Waals surface area contributed by atoms with E-state index >= 15 is 0 Å². The van der Waals surface area contributed by atoms with Crippen molar-refractivity contribution in [2.45, 2.75) is 26.3 Å². The van der Waals surface area contributed by atoms with Crippen LogP contribution in [0.5, 0.6) is 0 Å². The van der Waals surface area contributed by atoms with Crippen molar-refractivity contribution in [3.8, 4) is 12.3 Å². The second-order valence-electron chi connectivity index (χ2n) is 4.90. The van der Waals surface area contributed by atoms with Gasteiger partial charge in [0.25, 0.3) is 5.91 Å². The predicted molar refractivity (Wildman–Crippen MR) is 77.1 cm³/mol. The van der Waals surface area contributed by atoms with Crippen molar-refractivity contribution in [2.24, 2.45) is 5.92 Å². The van der Waals surface area contributed by atoms with Crippen molar-refractivity contribution in [3.63, 3.8) is 0 Å². The monoisotopic (exact) mass is 273 g/mol. The van der Waals surface area contributed by atoms with Gasteiger partial charge in [0.2, 0.25) is 0 Å². The molecule has 0 spiro atoms. The van der Waals surface area contributed by atoms with Crippen molar-refractivity contribution in [1.82, 2.24) is 5.32 Å². The molecule has 1 unspecified atom stereocenters. The number of rotatable bonds is 5. The van der Waals surface area contributed by atoms with Gasteiger partial charge in [-0.15, -0.1) is 6.42 Å². The molecule has 1 atom stereocenters. The number of nitrogens with one attached hydrogen (secondary N) is 1. The predicted octanol–water partition coefficient (Wildman–Crippen LogP) is 1.99. The van der Waals surface area contributed by atoms with Crippen LogP contribution in [-0.2, 0) is 9.53 Å². The van der Waals surface area contributed by atoms with E-state index < -0.39 is 12.0 Å². The average molecular weight is 273 g/mol. The zero-order valence-electron chi connectivity index (χ0n) is 12.0. The van der Waals surface area contributed by atoms with Gasteiger partial charge in [0.1, 0.15) is 6.04 Å². The highest BCUT2D eigenvalue weighted by atomic mass is 16.5. The zero-order chi connectivity index (χ0) is 15.1. The minimum Gasteiger partial charge on any atom is -0.467 e. The minimum absolute atomic E-state index is 0.267. The third-order valence-electron chi connectivity index (χ3n) is 2.81. The van der Waals surface area contributed by atoms with Gasteiger partial charge in [-0.25, -0.2) is 4.79 Å². The maximum absolute atomic E-state index is 12.1. The molecule has 0 aromatic heterocycles. The van der Waals surface area contributed by atoms with E-state index in [2.05, 4.69) is 11.2 Å². The van der Waals surface area contributed by atoms with Crippen molar-refractivity contribution in [3.05, 3.63) is 35.4 Å². The first kappa shape index (κ1) is 15.8. The molecule has 0 saturated carbocycles. The Bertz CT molecular complexity index is 512. The molecule has 0 fully saturated rings. The molecule has 0 heterocycles. The lowest BCUT2D eigenvalue weighted by Gasteiger charge is -2.18. The first-order valence-corrected chi connectivity index (χ1v) is 6.43. The fraction of sp³-hybridized carbons (Fsp3) is 0.375. The summed E-state index contributed by atoms with van der Waals surface area (Å²) in [4.78, 5) is 23.7. The number of hydrogen-bond donors (Lipinski definition) is 1. The van der Waals surface area contributed by atoms with Gasteiger partial charge in [-0.1, -0.05) is 19.8 Å². The summed E-state index contributed by atoms with van der Waals surface area (Å²) in [6, 6.07) is 6.00. The summed E-state index contributed by atoms with van der Waals surface area (Å²) in [6.07, 6.45) is 5.79. The van der Waals surface area contributed by atoms with Crippen molar-refractivity contribution in [1.29, 1.82) is 0 Å². The summed E-state index contributed by atoms with van der Waals surface area (Å²) in [6.45, 7) is 3.95.